The highest BCUT2D eigenvalue weighted by atomic mass is 79.9. The van der Waals surface area contributed by atoms with E-state index in [0.29, 0.717) is 25.1 Å². The Morgan fingerprint density at radius 1 is 1.09 bits per heavy atom. The molecule has 1 amide bonds. The summed E-state index contributed by atoms with van der Waals surface area (Å²) in [6.45, 7) is 2.02. The van der Waals surface area contributed by atoms with Gasteiger partial charge in [-0.1, -0.05) is 46.3 Å². The monoisotopic (exact) mass is 547 g/mol. The highest BCUT2D eigenvalue weighted by Gasteiger charge is 2.27. The van der Waals surface area contributed by atoms with Crippen molar-refractivity contribution < 1.29 is 23.5 Å². The van der Waals surface area contributed by atoms with E-state index in [0.717, 1.165) is 44.9 Å². The maximum atomic E-state index is 12.0. The van der Waals surface area contributed by atoms with Crippen LogP contribution in [0.2, 0.25) is 0 Å². The van der Waals surface area contributed by atoms with E-state index >= 15 is 0 Å². The van der Waals surface area contributed by atoms with Gasteiger partial charge in [0.15, 0.2) is 0 Å². The van der Waals surface area contributed by atoms with Crippen LogP contribution in [0.3, 0.4) is 0 Å². The molecule has 0 heterocycles. The molecule has 1 aliphatic carbocycles. The van der Waals surface area contributed by atoms with Crippen molar-refractivity contribution in [3.8, 4) is 11.1 Å². The van der Waals surface area contributed by atoms with E-state index in [-0.39, 0.29) is 12.3 Å². The lowest BCUT2D eigenvalue weighted by atomic mass is 10.0. The molecule has 1 N–H and O–H groups in total. The van der Waals surface area contributed by atoms with Crippen molar-refractivity contribution >= 4 is 44.8 Å². The fourth-order valence-corrected chi connectivity index (χ4v) is 5.13. The Bertz CT molecular complexity index is 1060. The molecular formula is C25H28BrN2O5S-. The predicted octanol–water partition coefficient (Wildman–Crippen LogP) is 5.26. The maximum absolute atomic E-state index is 12.0. The van der Waals surface area contributed by atoms with Gasteiger partial charge in [-0.25, -0.2) is 4.79 Å². The second-order valence-corrected chi connectivity index (χ2v) is 9.95. The third-order valence-electron chi connectivity index (χ3n) is 5.88. The Balaban J connectivity index is 1.68. The van der Waals surface area contributed by atoms with Crippen molar-refractivity contribution in [3.05, 3.63) is 64.8 Å². The predicted molar refractivity (Wildman–Crippen MR) is 136 cm³/mol. The lowest BCUT2D eigenvalue weighted by Crippen LogP contribution is -2.42. The van der Waals surface area contributed by atoms with Gasteiger partial charge in [-0.05, 0) is 73.9 Å². The number of halogens is 1. The fourth-order valence-electron chi connectivity index (χ4n) is 4.16. The molecule has 2 atom stereocenters. The van der Waals surface area contributed by atoms with Gasteiger partial charge in [-0.15, -0.1) is 0 Å². The normalized spacial score (nSPS) is 14.9. The van der Waals surface area contributed by atoms with Crippen LogP contribution in [-0.2, 0) is 20.9 Å². The third-order valence-corrected chi connectivity index (χ3v) is 7.20. The van der Waals surface area contributed by atoms with Crippen LogP contribution in [0.4, 0.5) is 5.69 Å². The number of nitrogens with zero attached hydrogens (tertiary/aromatic N) is 2. The number of amides is 1. The van der Waals surface area contributed by atoms with E-state index in [1.165, 1.54) is 6.92 Å². The van der Waals surface area contributed by atoms with Crippen LogP contribution in [-0.4, -0.2) is 43.2 Å². The van der Waals surface area contributed by atoms with Crippen LogP contribution < -0.4 is 4.31 Å². The van der Waals surface area contributed by atoms with Crippen molar-refractivity contribution in [1.29, 1.82) is 0 Å². The highest BCUT2D eigenvalue weighted by molar-refractivity contribution is 9.10. The molecule has 2 aromatic rings. The Hall–Kier alpha value is -2.49. The molecule has 2 aromatic carbocycles. The molecule has 0 saturated heterocycles. The topological polar surface area (TPSA) is 101 Å². The number of carbonyl (C=O) groups is 2. The molecule has 0 aromatic heterocycles. The molecule has 34 heavy (non-hydrogen) atoms. The lowest BCUT2D eigenvalue weighted by molar-refractivity contribution is -0.138. The molecular weight excluding hydrogens is 520 g/mol. The van der Waals surface area contributed by atoms with E-state index in [1.54, 1.807) is 29.2 Å². The summed E-state index contributed by atoms with van der Waals surface area (Å²) in [5.41, 5.74) is 3.18. The van der Waals surface area contributed by atoms with Gasteiger partial charge in [-0.3, -0.25) is 13.3 Å². The summed E-state index contributed by atoms with van der Waals surface area (Å²) in [6.07, 6.45) is 6.14. The van der Waals surface area contributed by atoms with Crippen LogP contribution in [0.15, 0.2) is 64.8 Å². The van der Waals surface area contributed by atoms with E-state index in [1.807, 2.05) is 24.3 Å². The van der Waals surface area contributed by atoms with Crippen molar-refractivity contribution in [2.75, 3.05) is 10.8 Å². The third kappa shape index (κ3) is 6.77. The zero-order valence-electron chi connectivity index (χ0n) is 19.0. The van der Waals surface area contributed by atoms with Crippen LogP contribution in [0.25, 0.3) is 11.1 Å². The van der Waals surface area contributed by atoms with Gasteiger partial charge in [0.1, 0.15) is 6.04 Å². The molecule has 0 spiro atoms. The lowest BCUT2D eigenvalue weighted by Gasteiger charge is -2.32. The second kappa shape index (κ2) is 12.3. The number of hydrogen-bond acceptors (Lipinski definition) is 4. The molecule has 0 saturated carbocycles. The van der Waals surface area contributed by atoms with Crippen LogP contribution >= 0.6 is 15.9 Å². The fraction of sp³-hybridized carbons (Fsp3) is 0.360. The van der Waals surface area contributed by atoms with Gasteiger partial charge >= 0.3 is 5.97 Å². The Labute approximate surface area is 211 Å². The van der Waals surface area contributed by atoms with Gasteiger partial charge in [-0.2, -0.15) is 0 Å². The number of hydrogen-bond donors (Lipinski definition) is 1. The number of aliphatic carboxylic acids is 1. The summed E-state index contributed by atoms with van der Waals surface area (Å²) in [6, 6.07) is 13.3. The average Bonchev–Trinajstić information content (AvgIpc) is 3.33. The van der Waals surface area contributed by atoms with Gasteiger partial charge < -0.3 is 14.6 Å². The zero-order valence-corrected chi connectivity index (χ0v) is 21.4. The largest absolute Gasteiger partial charge is 0.755 e. The minimum Gasteiger partial charge on any atom is -0.755 e. The van der Waals surface area contributed by atoms with Gasteiger partial charge in [0.2, 0.25) is 5.91 Å². The summed E-state index contributed by atoms with van der Waals surface area (Å²) in [5, 5.41) is 9.79. The first-order chi connectivity index (χ1) is 16.3. The number of carboxylic acid groups (broad SMARTS) is 1. The maximum Gasteiger partial charge on any atom is 0.327 e. The van der Waals surface area contributed by atoms with Crippen molar-refractivity contribution in [2.45, 2.75) is 51.5 Å². The molecule has 3 rings (SSSR count). The molecule has 0 fully saturated rings. The smallest absolute Gasteiger partial charge is 0.327 e. The molecule has 0 bridgehead atoms. The molecule has 9 heteroatoms. The minimum atomic E-state index is -2.76. The van der Waals surface area contributed by atoms with Crippen LogP contribution in [0, 0.1) is 0 Å². The minimum absolute atomic E-state index is 0.0314. The van der Waals surface area contributed by atoms with Gasteiger partial charge in [0.05, 0.1) is 0 Å². The standard InChI is InChI=1S/C25H29BrN2O5S/c1-18(29)27(22-6-2-3-7-22)17-5-4-8-24(25(30)31)28(34(32)33)23-15-11-20(12-16-23)19-9-13-21(26)14-10-19/h6,9-16,24H,2-5,7-8,17H2,1H3,(H,30,31)(H,32,33)/p-1. The number of carbonyl (C=O) groups excluding carboxylic acids is 1. The zero-order chi connectivity index (χ0) is 24.7. The summed E-state index contributed by atoms with van der Waals surface area (Å²) in [4.78, 5) is 25.7. The molecule has 7 nitrogen and oxygen atoms in total. The Kier molecular flexibility index (Phi) is 9.44. The van der Waals surface area contributed by atoms with Crippen molar-refractivity contribution in [1.82, 2.24) is 4.90 Å². The number of benzene rings is 2. The first-order valence-electron chi connectivity index (χ1n) is 11.2. The van der Waals surface area contributed by atoms with E-state index in [4.69, 9.17) is 0 Å². The highest BCUT2D eigenvalue weighted by Crippen LogP contribution is 2.28. The Morgan fingerprint density at radius 2 is 1.71 bits per heavy atom. The van der Waals surface area contributed by atoms with E-state index in [9.17, 15) is 23.5 Å². The molecule has 0 radical (unpaired) electrons. The quantitative estimate of drug-likeness (QED) is 0.305. The molecule has 2 unspecified atom stereocenters. The van der Waals surface area contributed by atoms with Gasteiger partial charge in [0.25, 0.3) is 0 Å². The average molecular weight is 548 g/mol. The summed E-state index contributed by atoms with van der Waals surface area (Å²) in [5.74, 6) is -1.24. The SMILES string of the molecule is CC(=O)N(CCCCC(C(=O)O)N(c1ccc(-c2ccc(Br)cc2)cc1)S(=O)[O-])C1=CCCC1. The van der Waals surface area contributed by atoms with Crippen LogP contribution in [0.1, 0.15) is 45.4 Å². The van der Waals surface area contributed by atoms with Crippen molar-refractivity contribution in [3.63, 3.8) is 0 Å². The number of rotatable bonds is 11. The number of unbranched alkanes of at least 4 members (excludes halogenated alkanes) is 1. The van der Waals surface area contributed by atoms with E-state index < -0.39 is 23.3 Å². The number of allylic oxidation sites excluding steroid dienone is 2. The molecule has 0 aliphatic heterocycles. The second-order valence-electron chi connectivity index (χ2n) is 8.20. The molecule has 1 aliphatic rings. The van der Waals surface area contributed by atoms with Crippen LogP contribution in [0.5, 0.6) is 0 Å². The van der Waals surface area contributed by atoms with Gasteiger partial charge in [0, 0.05) is 40.6 Å². The Morgan fingerprint density at radius 3 is 2.21 bits per heavy atom. The number of anilines is 1. The number of carboxylic acids is 1. The summed E-state index contributed by atoms with van der Waals surface area (Å²) >= 11 is 0.639. The molecule has 182 valence electrons. The summed E-state index contributed by atoms with van der Waals surface area (Å²) in [7, 11) is 0. The van der Waals surface area contributed by atoms with Crippen molar-refractivity contribution in [2.24, 2.45) is 0 Å². The van der Waals surface area contributed by atoms with E-state index in [2.05, 4.69) is 22.0 Å². The first kappa shape index (κ1) is 26.1. The summed E-state index contributed by atoms with van der Waals surface area (Å²) < 4.78 is 25.9. The first-order valence-corrected chi connectivity index (χ1v) is 13.0.